The van der Waals surface area contributed by atoms with Gasteiger partial charge in [-0.15, -0.1) is 0 Å². The molecule has 0 spiro atoms. The largest absolute Gasteiger partial charge is 0.479 e. The van der Waals surface area contributed by atoms with Crippen molar-refractivity contribution in [3.05, 3.63) is 74.4 Å². The number of hydrogen-bond acceptors (Lipinski definition) is 4. The van der Waals surface area contributed by atoms with Gasteiger partial charge >= 0.3 is 5.97 Å². The number of aryl methyl sites for hydroxylation is 1. The molecule has 0 saturated carbocycles. The standard InChI is InChI=1S/C21H18Br2N2O4/c1-3-13-8-15(22)4-6-18(13)25-11-14(10-24-25)20(26)17-9-16(23)5-7-19(17)29-12(2)21(27)28/h4-12H,3H2,1-2H3,(H,27,28). The number of benzene rings is 2. The van der Waals surface area contributed by atoms with Crippen LogP contribution in [0.4, 0.5) is 0 Å². The summed E-state index contributed by atoms with van der Waals surface area (Å²) in [5, 5.41) is 13.5. The number of carbonyl (C=O) groups excluding carboxylic acids is 1. The van der Waals surface area contributed by atoms with Gasteiger partial charge in [0.15, 0.2) is 11.9 Å². The zero-order valence-corrected chi connectivity index (χ0v) is 18.9. The minimum Gasteiger partial charge on any atom is -0.479 e. The van der Waals surface area contributed by atoms with E-state index in [9.17, 15) is 9.59 Å². The molecule has 3 aromatic rings. The molecule has 0 aliphatic rings. The number of rotatable bonds is 7. The predicted molar refractivity (Wildman–Crippen MR) is 116 cm³/mol. The molecule has 0 bridgehead atoms. The SMILES string of the molecule is CCc1cc(Br)ccc1-n1cc(C(=O)c2cc(Br)ccc2OC(C)C(=O)O)cn1. The first-order valence-electron chi connectivity index (χ1n) is 8.87. The van der Waals surface area contributed by atoms with Crippen molar-refractivity contribution in [3.8, 4) is 11.4 Å². The van der Waals surface area contributed by atoms with Gasteiger partial charge in [0.1, 0.15) is 5.75 Å². The summed E-state index contributed by atoms with van der Waals surface area (Å²) in [6, 6.07) is 10.8. The van der Waals surface area contributed by atoms with Crippen molar-refractivity contribution >= 4 is 43.6 Å². The lowest BCUT2D eigenvalue weighted by atomic mass is 10.1. The molecule has 0 radical (unpaired) electrons. The van der Waals surface area contributed by atoms with E-state index in [1.54, 1.807) is 29.1 Å². The second-order valence-electron chi connectivity index (χ2n) is 6.37. The van der Waals surface area contributed by atoms with Crippen LogP contribution in [-0.4, -0.2) is 32.7 Å². The fraction of sp³-hybridized carbons (Fsp3) is 0.190. The Balaban J connectivity index is 1.97. The van der Waals surface area contributed by atoms with Gasteiger partial charge in [-0.1, -0.05) is 38.8 Å². The summed E-state index contributed by atoms with van der Waals surface area (Å²) in [5.74, 6) is -1.21. The Morgan fingerprint density at radius 1 is 1.17 bits per heavy atom. The number of aliphatic carboxylic acids is 1. The van der Waals surface area contributed by atoms with Crippen molar-refractivity contribution in [1.82, 2.24) is 9.78 Å². The third kappa shape index (κ3) is 4.76. The molecule has 1 atom stereocenters. The molecule has 6 nitrogen and oxygen atoms in total. The number of nitrogens with zero attached hydrogens (tertiary/aromatic N) is 2. The van der Waals surface area contributed by atoms with Crippen LogP contribution in [0.25, 0.3) is 5.69 Å². The molecule has 150 valence electrons. The van der Waals surface area contributed by atoms with Gasteiger partial charge in [0.2, 0.25) is 0 Å². The van der Waals surface area contributed by atoms with Gasteiger partial charge in [-0.25, -0.2) is 9.48 Å². The van der Waals surface area contributed by atoms with Crippen LogP contribution < -0.4 is 4.74 Å². The Kier molecular flexibility index (Phi) is 6.54. The molecule has 1 heterocycles. The summed E-state index contributed by atoms with van der Waals surface area (Å²) < 4.78 is 8.80. The lowest BCUT2D eigenvalue weighted by Gasteiger charge is -2.14. The molecule has 0 saturated heterocycles. The summed E-state index contributed by atoms with van der Waals surface area (Å²) in [5.41, 5.74) is 2.61. The number of ketones is 1. The number of carbonyl (C=O) groups is 2. The Hall–Kier alpha value is -2.45. The second kappa shape index (κ2) is 8.92. The van der Waals surface area contributed by atoms with Crippen molar-refractivity contribution in [2.75, 3.05) is 0 Å². The normalized spacial score (nSPS) is 11.9. The average Bonchev–Trinajstić information content (AvgIpc) is 3.18. The van der Waals surface area contributed by atoms with Crippen molar-refractivity contribution in [1.29, 1.82) is 0 Å². The highest BCUT2D eigenvalue weighted by molar-refractivity contribution is 9.10. The van der Waals surface area contributed by atoms with Gasteiger partial charge < -0.3 is 9.84 Å². The monoisotopic (exact) mass is 520 g/mol. The summed E-state index contributed by atoms with van der Waals surface area (Å²) in [6.07, 6.45) is 2.89. The zero-order chi connectivity index (χ0) is 21.1. The summed E-state index contributed by atoms with van der Waals surface area (Å²) in [7, 11) is 0. The van der Waals surface area contributed by atoms with Crippen molar-refractivity contribution in [2.45, 2.75) is 26.4 Å². The number of ether oxygens (including phenoxy) is 1. The zero-order valence-electron chi connectivity index (χ0n) is 15.7. The Morgan fingerprint density at radius 3 is 2.55 bits per heavy atom. The minimum atomic E-state index is -1.11. The number of halogens is 2. The number of aromatic nitrogens is 2. The van der Waals surface area contributed by atoms with Crippen molar-refractivity contribution in [2.24, 2.45) is 0 Å². The number of carboxylic acids is 1. The fourth-order valence-electron chi connectivity index (χ4n) is 2.81. The Bertz CT molecular complexity index is 1080. The Morgan fingerprint density at radius 2 is 1.86 bits per heavy atom. The predicted octanol–water partition coefficient (Wildman–Crippen LogP) is 5.04. The van der Waals surface area contributed by atoms with Crippen LogP contribution in [-0.2, 0) is 11.2 Å². The Labute approximate surface area is 184 Å². The third-order valence-corrected chi connectivity index (χ3v) is 5.34. The minimum absolute atomic E-state index is 0.207. The average molecular weight is 522 g/mol. The second-order valence-corrected chi connectivity index (χ2v) is 8.20. The van der Waals surface area contributed by atoms with Gasteiger partial charge in [-0.3, -0.25) is 4.79 Å². The molecular formula is C21H18Br2N2O4. The fourth-order valence-corrected chi connectivity index (χ4v) is 3.58. The summed E-state index contributed by atoms with van der Waals surface area (Å²) in [6.45, 7) is 3.46. The van der Waals surface area contributed by atoms with Gasteiger partial charge in [-0.2, -0.15) is 5.10 Å². The summed E-state index contributed by atoms with van der Waals surface area (Å²) in [4.78, 5) is 24.2. The van der Waals surface area contributed by atoms with Gasteiger partial charge in [0, 0.05) is 15.1 Å². The molecule has 0 aliphatic carbocycles. The van der Waals surface area contributed by atoms with E-state index >= 15 is 0 Å². The van der Waals surface area contributed by atoms with Crippen LogP contribution in [0.1, 0.15) is 35.3 Å². The first-order valence-corrected chi connectivity index (χ1v) is 10.5. The van der Waals surface area contributed by atoms with E-state index in [-0.39, 0.29) is 17.1 Å². The van der Waals surface area contributed by atoms with Crippen LogP contribution >= 0.6 is 31.9 Å². The maximum Gasteiger partial charge on any atom is 0.344 e. The lowest BCUT2D eigenvalue weighted by molar-refractivity contribution is -0.144. The molecule has 1 aromatic heterocycles. The van der Waals surface area contributed by atoms with Gasteiger partial charge in [0.05, 0.1) is 23.0 Å². The van der Waals surface area contributed by atoms with E-state index in [0.717, 1.165) is 22.1 Å². The molecule has 3 rings (SSSR count). The topological polar surface area (TPSA) is 81.4 Å². The van der Waals surface area contributed by atoms with Crippen LogP contribution in [0.2, 0.25) is 0 Å². The lowest BCUT2D eigenvalue weighted by Crippen LogP contribution is -2.23. The van der Waals surface area contributed by atoms with E-state index < -0.39 is 12.1 Å². The van der Waals surface area contributed by atoms with Crippen molar-refractivity contribution < 1.29 is 19.4 Å². The molecular weight excluding hydrogens is 504 g/mol. The van der Waals surface area contributed by atoms with Crippen molar-refractivity contribution in [3.63, 3.8) is 0 Å². The highest BCUT2D eigenvalue weighted by Crippen LogP contribution is 2.27. The van der Waals surface area contributed by atoms with Crippen LogP contribution in [0.5, 0.6) is 5.75 Å². The quantitative estimate of drug-likeness (QED) is 0.440. The highest BCUT2D eigenvalue weighted by Gasteiger charge is 2.21. The first-order chi connectivity index (χ1) is 13.8. The molecule has 1 unspecified atom stereocenters. The van der Waals surface area contributed by atoms with E-state index in [1.807, 2.05) is 18.2 Å². The van der Waals surface area contributed by atoms with Gasteiger partial charge in [0.25, 0.3) is 0 Å². The molecule has 29 heavy (non-hydrogen) atoms. The molecule has 1 N–H and O–H groups in total. The number of carboxylic acid groups (broad SMARTS) is 1. The maximum atomic E-state index is 13.1. The van der Waals surface area contributed by atoms with Crippen LogP contribution in [0.15, 0.2) is 57.7 Å². The van der Waals surface area contributed by atoms with E-state index in [4.69, 9.17) is 9.84 Å². The molecule has 0 aliphatic heterocycles. The molecule has 0 fully saturated rings. The third-order valence-electron chi connectivity index (χ3n) is 4.35. The van der Waals surface area contributed by atoms with Crippen LogP contribution in [0, 0.1) is 0 Å². The molecule has 2 aromatic carbocycles. The highest BCUT2D eigenvalue weighted by atomic mass is 79.9. The van der Waals surface area contributed by atoms with E-state index in [1.165, 1.54) is 13.1 Å². The number of hydrogen-bond donors (Lipinski definition) is 1. The van der Waals surface area contributed by atoms with E-state index in [0.29, 0.717) is 10.0 Å². The first kappa shape index (κ1) is 21.3. The maximum absolute atomic E-state index is 13.1. The van der Waals surface area contributed by atoms with E-state index in [2.05, 4.69) is 43.9 Å². The smallest absolute Gasteiger partial charge is 0.344 e. The molecule has 0 amide bonds. The molecule has 8 heteroatoms. The summed E-state index contributed by atoms with van der Waals surface area (Å²) >= 11 is 6.82. The van der Waals surface area contributed by atoms with Crippen LogP contribution in [0.3, 0.4) is 0 Å². The van der Waals surface area contributed by atoms with Gasteiger partial charge in [-0.05, 0) is 55.3 Å².